The molecule has 0 N–H and O–H groups in total. The van der Waals surface area contributed by atoms with E-state index < -0.39 is 265 Å². The average Bonchev–Trinajstić information content (AvgIpc) is 3.33. The third-order valence-corrected chi connectivity index (χ3v) is 7.99. The first-order valence-electron chi connectivity index (χ1n) is 29.8. The van der Waals surface area contributed by atoms with Crippen LogP contribution in [0.3, 0.4) is 0 Å². The largest absolute Gasteiger partial charge is 0.309 e. The summed E-state index contributed by atoms with van der Waals surface area (Å²) in [5, 5.41) is -2.74. The van der Waals surface area contributed by atoms with Crippen LogP contribution in [0.2, 0.25) is 0 Å². The van der Waals surface area contributed by atoms with Crippen LogP contribution in [-0.4, -0.2) is 9.13 Å². The Kier molecular flexibility index (Phi) is 2.00. The lowest BCUT2D eigenvalue weighted by molar-refractivity contribution is 0.660. The highest BCUT2D eigenvalue weighted by Crippen LogP contribution is 2.49. The van der Waals surface area contributed by atoms with Crippen molar-refractivity contribution < 1.29 is 43.9 Å². The summed E-state index contributed by atoms with van der Waals surface area (Å²) in [5.74, 6) is 0. The molecule has 0 fully saturated rings. The molecular formula is C45H32N2. The fraction of sp³-hybridized carbons (Fsp3) is 0.0667. The predicted molar refractivity (Wildman–Crippen MR) is 198 cm³/mol. The number of hydrogen-bond donors (Lipinski definition) is 0. The molecule has 0 atom stereocenters. The van der Waals surface area contributed by atoms with Gasteiger partial charge in [-0.1, -0.05) is 110 Å². The zero-order valence-electron chi connectivity index (χ0n) is 55.4. The first-order valence-corrected chi connectivity index (χ1v) is 13.8. The van der Waals surface area contributed by atoms with Gasteiger partial charge in [-0.25, -0.2) is 0 Å². The molecule has 2 heteroatoms. The Morgan fingerprint density at radius 3 is 1.62 bits per heavy atom. The fourth-order valence-corrected chi connectivity index (χ4v) is 5.96. The Morgan fingerprint density at radius 1 is 0.426 bits per heavy atom. The van der Waals surface area contributed by atoms with Crippen molar-refractivity contribution >= 4 is 43.6 Å². The number of rotatable bonds is 3. The highest BCUT2D eigenvalue weighted by atomic mass is 15.0. The van der Waals surface area contributed by atoms with E-state index in [9.17, 15) is 15.1 Å². The molecule has 2 aromatic heterocycles. The molecule has 10 rings (SSSR count). The summed E-state index contributed by atoms with van der Waals surface area (Å²) in [6, 6.07) is -26.7. The molecule has 0 bridgehead atoms. The van der Waals surface area contributed by atoms with Crippen LogP contribution in [0.4, 0.5) is 0 Å². The highest BCUT2D eigenvalue weighted by Gasteiger charge is 2.35. The Balaban J connectivity index is 1.43. The minimum atomic E-state index is -3.89. The van der Waals surface area contributed by atoms with Crippen LogP contribution in [0, 0.1) is 0 Å². The maximum absolute atomic E-state index is 9.88. The molecule has 9 aromatic rings. The van der Waals surface area contributed by atoms with Crippen molar-refractivity contribution in [3.8, 4) is 33.6 Å². The second kappa shape index (κ2) is 9.57. The van der Waals surface area contributed by atoms with Crippen LogP contribution in [0.15, 0.2) is 157 Å². The minimum absolute atomic E-state index is 0.558. The molecule has 0 saturated carbocycles. The van der Waals surface area contributed by atoms with Gasteiger partial charge in [0, 0.05) is 46.6 Å². The van der Waals surface area contributed by atoms with Gasteiger partial charge in [0.05, 0.1) is 57.7 Å². The van der Waals surface area contributed by atoms with Gasteiger partial charge in [-0.3, -0.25) is 0 Å². The monoisotopic (exact) mass is 632 g/mol. The molecule has 0 amide bonds. The molecule has 0 saturated heterocycles. The summed E-state index contributed by atoms with van der Waals surface area (Å²) in [4.78, 5) is 0. The van der Waals surface area contributed by atoms with Gasteiger partial charge < -0.3 is 9.13 Å². The Morgan fingerprint density at radius 2 is 0.957 bits per heavy atom. The maximum Gasteiger partial charge on any atom is 0.0648 e. The number of nitrogens with zero attached hydrogens (tertiary/aromatic N) is 2. The van der Waals surface area contributed by atoms with Crippen molar-refractivity contribution in [2.45, 2.75) is 19.1 Å². The summed E-state index contributed by atoms with van der Waals surface area (Å²) in [7, 11) is 0. The SMILES string of the molecule is [2H]c1c([2H])c([2H])c(-n2c3c([2H])c([2H])c([2H])c([2H])c3c3c([2H])c(-c4c([2H])c([2H])c5c(c4[2H])c4c([2H])c([2H])c([2H])c([2H])c4n5-c4c([2H])c([2H])c5c(c4[2H])C(C([2H])([2H])[2H])(C([2H])([2H])[2H])c4c([2H])c([2H])c([2H])c([2H])c4-5)c([2H])c([2H])c32)c([2H])c1[2H]. The summed E-state index contributed by atoms with van der Waals surface area (Å²) in [5.41, 5.74) is -14.2. The second-order valence-electron chi connectivity index (χ2n) is 10.5. The van der Waals surface area contributed by atoms with Crippen molar-refractivity contribution in [3.05, 3.63) is 168 Å². The Bertz CT molecular complexity index is 4360. The minimum Gasteiger partial charge on any atom is -0.309 e. The molecule has 7 aromatic carbocycles. The molecule has 0 spiro atoms. The van der Waals surface area contributed by atoms with Gasteiger partial charge in [0.15, 0.2) is 0 Å². The van der Waals surface area contributed by atoms with Crippen LogP contribution < -0.4 is 0 Å². The van der Waals surface area contributed by atoms with E-state index in [2.05, 4.69) is 0 Å². The van der Waals surface area contributed by atoms with Gasteiger partial charge in [-0.2, -0.15) is 0 Å². The Labute approximate surface area is 318 Å². The number of fused-ring (bicyclic) bond motifs is 9. The van der Waals surface area contributed by atoms with E-state index in [4.69, 9.17) is 28.8 Å². The van der Waals surface area contributed by atoms with E-state index >= 15 is 0 Å². The average molecular weight is 633 g/mol. The maximum atomic E-state index is 9.88. The van der Waals surface area contributed by atoms with Crippen LogP contribution in [0.5, 0.6) is 0 Å². The fourth-order valence-electron chi connectivity index (χ4n) is 5.96. The van der Waals surface area contributed by atoms with E-state index in [1.54, 1.807) is 0 Å². The molecule has 1 aliphatic carbocycles. The first kappa shape index (κ1) is 9.82. The van der Waals surface area contributed by atoms with Gasteiger partial charge in [0.1, 0.15) is 0 Å². The molecule has 0 radical (unpaired) electrons. The van der Waals surface area contributed by atoms with Gasteiger partial charge in [-0.05, 0) is 93.8 Å². The van der Waals surface area contributed by atoms with Crippen LogP contribution in [0.1, 0.15) is 68.7 Å². The smallest absolute Gasteiger partial charge is 0.0648 e. The predicted octanol–water partition coefficient (Wildman–Crippen LogP) is 11.9. The lowest BCUT2D eigenvalue weighted by Crippen LogP contribution is -2.15. The summed E-state index contributed by atoms with van der Waals surface area (Å²) < 4.78 is 289. The van der Waals surface area contributed by atoms with Gasteiger partial charge in [0.25, 0.3) is 0 Å². The third-order valence-electron chi connectivity index (χ3n) is 7.99. The van der Waals surface area contributed by atoms with E-state index in [0.29, 0.717) is 9.13 Å². The van der Waals surface area contributed by atoms with Crippen LogP contribution in [0.25, 0.3) is 77.2 Å². The van der Waals surface area contributed by atoms with E-state index in [1.165, 1.54) is 0 Å². The van der Waals surface area contributed by atoms with Crippen molar-refractivity contribution in [2.75, 3.05) is 0 Å². The summed E-state index contributed by atoms with van der Waals surface area (Å²) in [6.07, 6.45) is 0. The molecular weight excluding hydrogens is 569 g/mol. The normalized spacial score (nSPS) is 23.7. The van der Waals surface area contributed by atoms with E-state index in [-0.39, 0.29) is 0 Å². The third kappa shape index (κ3) is 3.67. The van der Waals surface area contributed by atoms with Gasteiger partial charge in [0.2, 0.25) is 0 Å². The van der Waals surface area contributed by atoms with E-state index in [0.717, 1.165) is 0 Å². The molecule has 1 aliphatic rings. The van der Waals surface area contributed by atoms with Gasteiger partial charge in [-0.15, -0.1) is 0 Å². The number of aromatic nitrogens is 2. The molecule has 2 nitrogen and oxygen atoms in total. The standard InChI is InChI=1S/C45H32N2/c1-45(2)39-17-9-6-14-33(39)34-23-22-32(28-40(34)45)47-42-19-11-8-16-36(42)38-27-30(21-25-44(38)47)29-20-24-43-37(26-29)35-15-7-10-18-41(35)46(43)31-12-4-3-5-13-31/h3-28H,1-2H3/i1D3,2D3,3D,4D,5D,6D,7D,8D,9D,10D,11D,12D,13D,14D,15D,16D,17D,18D,19D,20D,21D,22D,23D,24D,25D,26D,27D,28D. The summed E-state index contributed by atoms with van der Waals surface area (Å²) in [6.45, 7) is -7.78. The zero-order chi connectivity index (χ0) is 58.9. The molecule has 0 unspecified atom stereocenters. The molecule has 2 heterocycles. The van der Waals surface area contributed by atoms with Crippen molar-refractivity contribution in [1.29, 1.82) is 0 Å². The first-order chi connectivity index (χ1) is 36.4. The van der Waals surface area contributed by atoms with E-state index in [1.807, 2.05) is 0 Å². The lowest BCUT2D eigenvalue weighted by atomic mass is 9.82. The van der Waals surface area contributed by atoms with Crippen molar-refractivity contribution in [3.63, 3.8) is 0 Å². The topological polar surface area (TPSA) is 9.86 Å². The molecule has 47 heavy (non-hydrogen) atoms. The number of para-hydroxylation sites is 3. The summed E-state index contributed by atoms with van der Waals surface area (Å²) >= 11 is 0. The second-order valence-corrected chi connectivity index (χ2v) is 10.5. The Hall–Kier alpha value is -5.86. The lowest BCUT2D eigenvalue weighted by Gasteiger charge is -2.22. The molecule has 0 aliphatic heterocycles. The highest BCUT2D eigenvalue weighted by molar-refractivity contribution is 6.12. The van der Waals surface area contributed by atoms with Crippen LogP contribution in [-0.2, 0) is 5.41 Å². The van der Waals surface area contributed by atoms with Gasteiger partial charge >= 0.3 is 0 Å². The van der Waals surface area contributed by atoms with Crippen molar-refractivity contribution in [2.24, 2.45) is 0 Å². The quantitative estimate of drug-likeness (QED) is 0.183. The van der Waals surface area contributed by atoms with Crippen molar-refractivity contribution in [1.82, 2.24) is 9.13 Å². The number of hydrogen-bond acceptors (Lipinski definition) is 0. The number of benzene rings is 7. The zero-order valence-corrected chi connectivity index (χ0v) is 23.4. The van der Waals surface area contributed by atoms with Crippen LogP contribution >= 0.6 is 0 Å². The molecule has 222 valence electrons.